The van der Waals surface area contributed by atoms with Crippen LogP contribution in [-0.4, -0.2) is 23.3 Å². The zero-order valence-corrected chi connectivity index (χ0v) is 12.0. The number of hydrogen-bond acceptors (Lipinski definition) is 2. The van der Waals surface area contributed by atoms with Crippen LogP contribution in [0.1, 0.15) is 47.0 Å². The SMILES string of the molecule is C=CC[C@@H](C(=O)N1CCCC1=O)[C@@H](C)C(C)(C)C. The first-order valence-corrected chi connectivity index (χ1v) is 6.74. The fourth-order valence-electron chi connectivity index (χ4n) is 2.38. The van der Waals surface area contributed by atoms with Crippen molar-refractivity contribution in [2.75, 3.05) is 6.54 Å². The standard InChI is InChI=1S/C15H25NO2/c1-6-8-12(11(2)15(3,4)5)14(18)16-10-7-9-13(16)17/h6,11-12H,1,7-10H2,2-5H3/t11-,12-/m1/s1. The van der Waals surface area contributed by atoms with Gasteiger partial charge in [0.2, 0.25) is 11.8 Å². The Morgan fingerprint density at radius 1 is 1.50 bits per heavy atom. The molecule has 0 saturated carbocycles. The average molecular weight is 251 g/mol. The molecule has 0 aliphatic carbocycles. The summed E-state index contributed by atoms with van der Waals surface area (Å²) in [5.41, 5.74) is 0.0477. The second kappa shape index (κ2) is 5.68. The Hall–Kier alpha value is -1.12. The summed E-state index contributed by atoms with van der Waals surface area (Å²) < 4.78 is 0. The number of nitrogens with zero attached hydrogens (tertiary/aromatic N) is 1. The molecular weight excluding hydrogens is 226 g/mol. The number of amides is 2. The van der Waals surface area contributed by atoms with E-state index in [1.165, 1.54) is 4.90 Å². The summed E-state index contributed by atoms with van der Waals surface area (Å²) in [4.78, 5) is 25.6. The van der Waals surface area contributed by atoms with Crippen molar-refractivity contribution in [2.24, 2.45) is 17.3 Å². The minimum Gasteiger partial charge on any atom is -0.282 e. The van der Waals surface area contributed by atoms with Gasteiger partial charge < -0.3 is 0 Å². The second-order valence-corrected chi connectivity index (χ2v) is 6.27. The molecule has 18 heavy (non-hydrogen) atoms. The molecule has 0 unspecified atom stereocenters. The number of allylic oxidation sites excluding steroid dienone is 1. The maximum Gasteiger partial charge on any atom is 0.232 e. The Morgan fingerprint density at radius 3 is 2.50 bits per heavy atom. The maximum atomic E-state index is 12.5. The molecular formula is C15H25NO2. The topological polar surface area (TPSA) is 37.4 Å². The zero-order valence-electron chi connectivity index (χ0n) is 12.0. The van der Waals surface area contributed by atoms with E-state index in [1.54, 1.807) is 6.08 Å². The lowest BCUT2D eigenvalue weighted by Crippen LogP contribution is -2.42. The van der Waals surface area contributed by atoms with Gasteiger partial charge in [0.1, 0.15) is 0 Å². The van der Waals surface area contributed by atoms with E-state index in [2.05, 4.69) is 34.3 Å². The maximum absolute atomic E-state index is 12.5. The summed E-state index contributed by atoms with van der Waals surface area (Å²) in [5.74, 6) is 0.0518. The molecule has 2 atom stereocenters. The van der Waals surface area contributed by atoms with E-state index in [-0.39, 0.29) is 29.1 Å². The molecule has 0 bridgehead atoms. The lowest BCUT2D eigenvalue weighted by Gasteiger charge is -2.34. The normalized spacial score (nSPS) is 19.8. The Kier molecular flexibility index (Phi) is 4.71. The molecule has 3 nitrogen and oxygen atoms in total. The number of rotatable bonds is 4. The molecule has 1 heterocycles. The van der Waals surface area contributed by atoms with Gasteiger partial charge in [0.25, 0.3) is 0 Å². The van der Waals surface area contributed by atoms with Gasteiger partial charge in [0, 0.05) is 18.9 Å². The molecule has 0 aromatic rings. The average Bonchev–Trinajstić information content (AvgIpc) is 2.69. The molecule has 0 aromatic carbocycles. The van der Waals surface area contributed by atoms with E-state index in [0.29, 0.717) is 19.4 Å². The van der Waals surface area contributed by atoms with Gasteiger partial charge in [-0.25, -0.2) is 0 Å². The van der Waals surface area contributed by atoms with Crippen molar-refractivity contribution in [2.45, 2.75) is 47.0 Å². The molecule has 0 spiro atoms. The highest BCUT2D eigenvalue weighted by Crippen LogP contribution is 2.35. The van der Waals surface area contributed by atoms with Crippen LogP contribution in [0.25, 0.3) is 0 Å². The molecule has 0 aromatic heterocycles. The van der Waals surface area contributed by atoms with E-state index < -0.39 is 0 Å². The Morgan fingerprint density at radius 2 is 2.11 bits per heavy atom. The van der Waals surface area contributed by atoms with Crippen molar-refractivity contribution in [3.05, 3.63) is 12.7 Å². The molecule has 102 valence electrons. The van der Waals surface area contributed by atoms with Crippen LogP contribution >= 0.6 is 0 Å². The largest absolute Gasteiger partial charge is 0.282 e. The number of carbonyl (C=O) groups excluding carboxylic acids is 2. The van der Waals surface area contributed by atoms with Crippen molar-refractivity contribution in [3.63, 3.8) is 0 Å². The van der Waals surface area contributed by atoms with Gasteiger partial charge in [0.05, 0.1) is 0 Å². The number of likely N-dealkylation sites (tertiary alicyclic amines) is 1. The lowest BCUT2D eigenvalue weighted by atomic mass is 9.72. The molecule has 1 aliphatic rings. The van der Waals surface area contributed by atoms with Crippen molar-refractivity contribution >= 4 is 11.8 Å². The fraction of sp³-hybridized carbons (Fsp3) is 0.733. The third-order valence-corrected chi connectivity index (χ3v) is 4.05. The molecule has 1 fully saturated rings. The van der Waals surface area contributed by atoms with Gasteiger partial charge in [-0.15, -0.1) is 6.58 Å². The third kappa shape index (κ3) is 3.21. The molecule has 3 heteroatoms. The van der Waals surface area contributed by atoms with Crippen LogP contribution in [0.5, 0.6) is 0 Å². The summed E-state index contributed by atoms with van der Waals surface area (Å²) in [7, 11) is 0. The number of carbonyl (C=O) groups is 2. The number of hydrogen-bond donors (Lipinski definition) is 0. The highest BCUT2D eigenvalue weighted by atomic mass is 16.2. The Bertz CT molecular complexity index is 341. The summed E-state index contributed by atoms with van der Waals surface area (Å²) in [6.45, 7) is 12.8. The summed E-state index contributed by atoms with van der Waals surface area (Å²) in [6, 6.07) is 0. The highest BCUT2D eigenvalue weighted by molar-refractivity contribution is 5.97. The molecule has 1 saturated heterocycles. The number of imide groups is 1. The van der Waals surface area contributed by atoms with Crippen molar-refractivity contribution in [3.8, 4) is 0 Å². The smallest absolute Gasteiger partial charge is 0.232 e. The van der Waals surface area contributed by atoms with E-state index >= 15 is 0 Å². The van der Waals surface area contributed by atoms with E-state index in [0.717, 1.165) is 6.42 Å². The van der Waals surface area contributed by atoms with E-state index in [4.69, 9.17) is 0 Å². The summed E-state index contributed by atoms with van der Waals surface area (Å²) in [5, 5.41) is 0. The molecule has 1 rings (SSSR count). The lowest BCUT2D eigenvalue weighted by molar-refractivity contribution is -0.146. The van der Waals surface area contributed by atoms with Crippen LogP contribution in [0.3, 0.4) is 0 Å². The molecule has 0 radical (unpaired) electrons. The van der Waals surface area contributed by atoms with E-state index in [9.17, 15) is 9.59 Å². The predicted molar refractivity (Wildman–Crippen MR) is 72.9 cm³/mol. The van der Waals surface area contributed by atoms with Crippen LogP contribution in [-0.2, 0) is 9.59 Å². The molecule has 0 N–H and O–H groups in total. The van der Waals surface area contributed by atoms with Crippen molar-refractivity contribution in [1.29, 1.82) is 0 Å². The minimum atomic E-state index is -0.135. The summed E-state index contributed by atoms with van der Waals surface area (Å²) >= 11 is 0. The minimum absolute atomic E-state index is 0.0141. The second-order valence-electron chi connectivity index (χ2n) is 6.27. The first-order valence-electron chi connectivity index (χ1n) is 6.74. The fourth-order valence-corrected chi connectivity index (χ4v) is 2.38. The zero-order chi connectivity index (χ0) is 13.9. The predicted octanol–water partition coefficient (Wildman–Crippen LogP) is 3.01. The van der Waals surface area contributed by atoms with Gasteiger partial charge in [-0.3, -0.25) is 14.5 Å². The summed E-state index contributed by atoms with van der Waals surface area (Å²) in [6.07, 6.45) is 3.73. The first-order chi connectivity index (χ1) is 8.29. The molecule has 1 aliphatic heterocycles. The first kappa shape index (κ1) is 14.9. The van der Waals surface area contributed by atoms with Crippen LogP contribution in [0.15, 0.2) is 12.7 Å². The quantitative estimate of drug-likeness (QED) is 0.720. The Labute approximate surface area is 110 Å². The van der Waals surface area contributed by atoms with Crippen molar-refractivity contribution < 1.29 is 9.59 Å². The van der Waals surface area contributed by atoms with Gasteiger partial charge in [0.15, 0.2) is 0 Å². The van der Waals surface area contributed by atoms with Gasteiger partial charge in [-0.2, -0.15) is 0 Å². The van der Waals surface area contributed by atoms with E-state index in [1.807, 2.05) is 0 Å². The van der Waals surface area contributed by atoms with Crippen LogP contribution in [0.2, 0.25) is 0 Å². The highest BCUT2D eigenvalue weighted by Gasteiger charge is 2.37. The van der Waals surface area contributed by atoms with Gasteiger partial charge in [-0.1, -0.05) is 33.8 Å². The van der Waals surface area contributed by atoms with Crippen molar-refractivity contribution in [1.82, 2.24) is 4.90 Å². The van der Waals surface area contributed by atoms with Crippen LogP contribution in [0.4, 0.5) is 0 Å². The van der Waals surface area contributed by atoms with Gasteiger partial charge >= 0.3 is 0 Å². The van der Waals surface area contributed by atoms with Crippen LogP contribution in [0, 0.1) is 17.3 Å². The molecule has 2 amide bonds. The van der Waals surface area contributed by atoms with Gasteiger partial charge in [-0.05, 0) is 24.2 Å². The monoisotopic (exact) mass is 251 g/mol. The Balaban J connectivity index is 2.87. The third-order valence-electron chi connectivity index (χ3n) is 4.05. The van der Waals surface area contributed by atoms with Crippen LogP contribution < -0.4 is 0 Å².